The largest absolute Gasteiger partial charge is 0.378 e. The van der Waals surface area contributed by atoms with Crippen LogP contribution >= 0.6 is 0 Å². The third-order valence-electron chi connectivity index (χ3n) is 7.01. The molecular weight excluding hydrogens is 382 g/mol. The van der Waals surface area contributed by atoms with Crippen molar-refractivity contribution < 1.29 is 4.79 Å². The molecule has 0 bridgehead atoms. The molecule has 0 radical (unpaired) electrons. The lowest BCUT2D eigenvalue weighted by Gasteiger charge is -2.38. The van der Waals surface area contributed by atoms with Crippen LogP contribution < -0.4 is 10.2 Å². The molecule has 4 rings (SSSR count). The molecule has 31 heavy (non-hydrogen) atoms. The van der Waals surface area contributed by atoms with E-state index in [-0.39, 0.29) is 12.1 Å². The molecule has 1 saturated carbocycles. The first-order valence-electron chi connectivity index (χ1n) is 12.1. The molecule has 4 nitrogen and oxygen atoms in total. The van der Waals surface area contributed by atoms with Gasteiger partial charge < -0.3 is 15.1 Å². The van der Waals surface area contributed by atoms with Crippen LogP contribution in [0.5, 0.6) is 0 Å². The van der Waals surface area contributed by atoms with Crippen molar-refractivity contribution in [2.45, 2.75) is 76.3 Å². The summed E-state index contributed by atoms with van der Waals surface area (Å²) in [4.78, 5) is 18.1. The molecule has 2 aliphatic rings. The van der Waals surface area contributed by atoms with E-state index in [0.29, 0.717) is 6.04 Å². The number of urea groups is 1. The van der Waals surface area contributed by atoms with Gasteiger partial charge in [0, 0.05) is 31.5 Å². The molecule has 2 amide bonds. The normalized spacial score (nSPS) is 19.6. The number of amides is 2. The Bertz CT molecular complexity index is 853. The summed E-state index contributed by atoms with van der Waals surface area (Å²) in [7, 11) is 4.07. The predicted molar refractivity (Wildman–Crippen MR) is 130 cm³/mol. The summed E-state index contributed by atoms with van der Waals surface area (Å²) in [5, 5.41) is 3.24. The molecule has 1 fully saturated rings. The Kier molecular flexibility index (Phi) is 7.16. The number of anilines is 2. The summed E-state index contributed by atoms with van der Waals surface area (Å²) in [6, 6.07) is 17.5. The number of nitrogens with zero attached hydrogens (tertiary/aromatic N) is 2. The second-order valence-electron chi connectivity index (χ2n) is 9.38. The average molecular weight is 420 g/mol. The van der Waals surface area contributed by atoms with E-state index in [1.54, 1.807) is 0 Å². The van der Waals surface area contributed by atoms with Crippen molar-refractivity contribution >= 4 is 17.4 Å². The van der Waals surface area contributed by atoms with E-state index >= 15 is 0 Å². The molecular formula is C27H37N3O. The van der Waals surface area contributed by atoms with Crippen molar-refractivity contribution in [1.29, 1.82) is 0 Å². The summed E-state index contributed by atoms with van der Waals surface area (Å²) in [5.74, 6) is 0. The fraction of sp³-hybridized carbons (Fsp3) is 0.519. The van der Waals surface area contributed by atoms with Gasteiger partial charge in [-0.3, -0.25) is 0 Å². The highest BCUT2D eigenvalue weighted by Crippen LogP contribution is 2.37. The topological polar surface area (TPSA) is 35.6 Å². The predicted octanol–water partition coefficient (Wildman–Crippen LogP) is 6.78. The number of nitrogens with one attached hydrogen (secondary N) is 1. The Morgan fingerprint density at radius 2 is 1.52 bits per heavy atom. The Morgan fingerprint density at radius 3 is 2.23 bits per heavy atom. The van der Waals surface area contributed by atoms with Gasteiger partial charge in [0.05, 0.1) is 6.04 Å². The minimum atomic E-state index is 0.0613. The van der Waals surface area contributed by atoms with Gasteiger partial charge >= 0.3 is 6.03 Å². The third kappa shape index (κ3) is 5.23. The van der Waals surface area contributed by atoms with Crippen molar-refractivity contribution in [1.82, 2.24) is 4.90 Å². The first-order chi connectivity index (χ1) is 15.1. The molecule has 4 heteroatoms. The zero-order valence-electron chi connectivity index (χ0n) is 19.1. The summed E-state index contributed by atoms with van der Waals surface area (Å²) in [6.45, 7) is 0. The number of hydrogen-bond acceptors (Lipinski definition) is 2. The Labute approximate surface area is 187 Å². The van der Waals surface area contributed by atoms with Gasteiger partial charge in [-0.05, 0) is 67.5 Å². The number of rotatable bonds is 4. The van der Waals surface area contributed by atoms with E-state index in [4.69, 9.17) is 0 Å². The molecule has 0 heterocycles. The van der Waals surface area contributed by atoms with Gasteiger partial charge in [0.2, 0.25) is 0 Å². The monoisotopic (exact) mass is 419 g/mol. The lowest BCUT2D eigenvalue weighted by molar-refractivity contribution is 0.141. The molecule has 0 saturated heterocycles. The zero-order valence-corrected chi connectivity index (χ0v) is 19.1. The number of fused-ring (bicyclic) bond motifs is 1. The number of carbonyl (C=O) groups is 1. The van der Waals surface area contributed by atoms with E-state index in [1.165, 1.54) is 49.7 Å². The minimum absolute atomic E-state index is 0.0613. The maximum absolute atomic E-state index is 13.8. The Hall–Kier alpha value is -2.49. The lowest BCUT2D eigenvalue weighted by Crippen LogP contribution is -2.45. The van der Waals surface area contributed by atoms with E-state index in [2.05, 4.69) is 51.5 Å². The molecule has 1 atom stereocenters. The zero-order chi connectivity index (χ0) is 21.6. The highest BCUT2D eigenvalue weighted by molar-refractivity contribution is 5.90. The molecule has 166 valence electrons. The highest BCUT2D eigenvalue weighted by Gasteiger charge is 2.33. The molecule has 1 N–H and O–H groups in total. The molecule has 2 aromatic rings. The van der Waals surface area contributed by atoms with Crippen LogP contribution in [-0.4, -0.2) is 31.1 Å². The number of carbonyl (C=O) groups excluding carboxylic acids is 1. The van der Waals surface area contributed by atoms with Crippen LogP contribution in [0, 0.1) is 0 Å². The number of hydrogen-bond donors (Lipinski definition) is 1. The van der Waals surface area contributed by atoms with E-state index in [9.17, 15) is 4.79 Å². The van der Waals surface area contributed by atoms with Crippen molar-refractivity contribution in [3.63, 3.8) is 0 Å². The summed E-state index contributed by atoms with van der Waals surface area (Å²) in [5.41, 5.74) is 4.79. The molecule has 0 aliphatic heterocycles. The SMILES string of the molecule is CN(C)c1ccc(NC(=O)N(C2CCCCCC2)C2CCCCc3ccccc32)cc1. The molecule has 0 spiro atoms. The van der Waals surface area contributed by atoms with Crippen LogP contribution in [0.2, 0.25) is 0 Å². The minimum Gasteiger partial charge on any atom is -0.378 e. The van der Waals surface area contributed by atoms with Crippen LogP contribution in [0.25, 0.3) is 0 Å². The number of benzene rings is 2. The van der Waals surface area contributed by atoms with Crippen molar-refractivity contribution in [3.8, 4) is 0 Å². The number of aryl methyl sites for hydroxylation is 1. The average Bonchev–Trinajstić information content (AvgIpc) is 3.16. The van der Waals surface area contributed by atoms with E-state index in [0.717, 1.165) is 37.1 Å². The second-order valence-corrected chi connectivity index (χ2v) is 9.38. The second kappa shape index (κ2) is 10.2. The van der Waals surface area contributed by atoms with Gasteiger partial charge in [-0.1, -0.05) is 56.4 Å². The van der Waals surface area contributed by atoms with Gasteiger partial charge in [0.1, 0.15) is 0 Å². The lowest BCUT2D eigenvalue weighted by atomic mass is 9.95. The van der Waals surface area contributed by atoms with Gasteiger partial charge in [0.25, 0.3) is 0 Å². The van der Waals surface area contributed by atoms with Crippen LogP contribution in [0.3, 0.4) is 0 Å². The van der Waals surface area contributed by atoms with Gasteiger partial charge in [-0.15, -0.1) is 0 Å². The van der Waals surface area contributed by atoms with Crippen LogP contribution in [0.4, 0.5) is 16.2 Å². The van der Waals surface area contributed by atoms with Crippen molar-refractivity contribution in [3.05, 3.63) is 59.7 Å². The first kappa shape index (κ1) is 21.7. The van der Waals surface area contributed by atoms with Gasteiger partial charge in [-0.2, -0.15) is 0 Å². The summed E-state index contributed by atoms with van der Waals surface area (Å²) in [6.07, 6.45) is 11.8. The fourth-order valence-corrected chi connectivity index (χ4v) is 5.31. The Morgan fingerprint density at radius 1 is 0.839 bits per heavy atom. The van der Waals surface area contributed by atoms with E-state index in [1.807, 2.05) is 26.2 Å². The first-order valence-corrected chi connectivity index (χ1v) is 12.1. The maximum Gasteiger partial charge on any atom is 0.322 e. The van der Waals surface area contributed by atoms with Crippen molar-refractivity contribution in [2.24, 2.45) is 0 Å². The van der Waals surface area contributed by atoms with Gasteiger partial charge in [0.15, 0.2) is 0 Å². The quantitative estimate of drug-likeness (QED) is 0.438. The van der Waals surface area contributed by atoms with Crippen LogP contribution in [-0.2, 0) is 6.42 Å². The highest BCUT2D eigenvalue weighted by atomic mass is 16.2. The van der Waals surface area contributed by atoms with Crippen molar-refractivity contribution in [2.75, 3.05) is 24.3 Å². The summed E-state index contributed by atoms with van der Waals surface area (Å²) >= 11 is 0. The summed E-state index contributed by atoms with van der Waals surface area (Å²) < 4.78 is 0. The fourth-order valence-electron chi connectivity index (χ4n) is 5.31. The van der Waals surface area contributed by atoms with Gasteiger partial charge in [-0.25, -0.2) is 4.79 Å². The van der Waals surface area contributed by atoms with Crippen LogP contribution in [0.1, 0.15) is 75.0 Å². The van der Waals surface area contributed by atoms with Crippen LogP contribution in [0.15, 0.2) is 48.5 Å². The smallest absolute Gasteiger partial charge is 0.322 e. The third-order valence-corrected chi connectivity index (χ3v) is 7.01. The Balaban J connectivity index is 1.63. The molecule has 1 unspecified atom stereocenters. The molecule has 0 aromatic heterocycles. The molecule has 2 aliphatic carbocycles. The molecule has 2 aromatic carbocycles. The standard InChI is InChI=1S/C27H37N3O/c1-29(2)23-19-17-22(18-20-23)28-27(31)30(24-13-5-3-4-6-14-24)26-16-10-8-12-21-11-7-9-15-25(21)26/h7,9,11,15,17-20,24,26H,3-6,8,10,12-14,16H2,1-2H3,(H,28,31). The van der Waals surface area contributed by atoms with E-state index < -0.39 is 0 Å². The maximum atomic E-state index is 13.8.